The Hall–Kier alpha value is -2.80. The molecule has 3 aromatic rings. The van der Waals surface area contributed by atoms with E-state index in [0.29, 0.717) is 10.9 Å². The second kappa shape index (κ2) is 6.31. The summed E-state index contributed by atoms with van der Waals surface area (Å²) in [4.78, 5) is 24.9. The van der Waals surface area contributed by atoms with Crippen LogP contribution >= 0.6 is 11.3 Å². The van der Waals surface area contributed by atoms with Gasteiger partial charge in [0.05, 0.1) is 5.69 Å². The molecule has 0 spiro atoms. The van der Waals surface area contributed by atoms with E-state index >= 15 is 0 Å². The summed E-state index contributed by atoms with van der Waals surface area (Å²) in [6, 6.07) is 9.49. The highest BCUT2D eigenvalue weighted by molar-refractivity contribution is 7.13. The van der Waals surface area contributed by atoms with Crippen molar-refractivity contribution in [3.05, 3.63) is 59.5 Å². The van der Waals surface area contributed by atoms with Crippen molar-refractivity contribution in [1.82, 2.24) is 15.0 Å². The van der Waals surface area contributed by atoms with Crippen LogP contribution in [0.3, 0.4) is 0 Å². The van der Waals surface area contributed by atoms with Gasteiger partial charge in [-0.25, -0.2) is 15.0 Å². The van der Waals surface area contributed by atoms with Crippen LogP contribution in [-0.2, 0) is 0 Å². The van der Waals surface area contributed by atoms with Crippen molar-refractivity contribution in [3.8, 4) is 0 Å². The van der Waals surface area contributed by atoms with Crippen LogP contribution in [0.1, 0.15) is 16.2 Å². The lowest BCUT2D eigenvalue weighted by atomic mass is 10.3. The molecule has 0 fully saturated rings. The predicted octanol–water partition coefficient (Wildman–Crippen LogP) is 3.24. The Morgan fingerprint density at radius 3 is 2.64 bits per heavy atom. The molecule has 1 aromatic carbocycles. The molecule has 0 saturated heterocycles. The molecule has 0 radical (unpaired) electrons. The summed E-state index contributed by atoms with van der Waals surface area (Å²) in [5, 5.41) is 8.24. The molecule has 0 atom stereocenters. The number of hydrogen-bond acceptors (Lipinski definition) is 6. The molecular weight excluding hydrogens is 298 g/mol. The van der Waals surface area contributed by atoms with Crippen molar-refractivity contribution < 1.29 is 4.79 Å². The molecule has 0 aliphatic rings. The maximum Gasteiger partial charge on any atom is 0.279 e. The van der Waals surface area contributed by atoms with Crippen molar-refractivity contribution in [2.24, 2.45) is 0 Å². The lowest BCUT2D eigenvalue weighted by Crippen LogP contribution is -2.16. The first kappa shape index (κ1) is 14.2. The summed E-state index contributed by atoms with van der Waals surface area (Å²) < 4.78 is 0. The molecular formula is C15H13N5OS. The number of nitrogens with zero attached hydrogens (tertiary/aromatic N) is 3. The Morgan fingerprint density at radius 2 is 1.91 bits per heavy atom. The quantitative estimate of drug-likeness (QED) is 0.773. The summed E-state index contributed by atoms with van der Waals surface area (Å²) in [5.74, 6) is 0.0559. The average Bonchev–Trinajstić information content (AvgIpc) is 2.94. The Kier molecular flexibility index (Phi) is 4.06. The number of carbonyl (C=O) groups is 1. The van der Waals surface area contributed by atoms with Gasteiger partial charge in [0, 0.05) is 23.5 Å². The van der Waals surface area contributed by atoms with E-state index in [2.05, 4.69) is 25.6 Å². The van der Waals surface area contributed by atoms with Crippen molar-refractivity contribution in [3.63, 3.8) is 0 Å². The van der Waals surface area contributed by atoms with Crippen LogP contribution < -0.4 is 10.6 Å². The SMILES string of the molecule is Cc1csc(NC(=O)c2nccnc2Nc2ccccc2)n1. The van der Waals surface area contributed by atoms with E-state index in [1.807, 2.05) is 42.6 Å². The first-order valence-corrected chi connectivity index (χ1v) is 7.47. The summed E-state index contributed by atoms with van der Waals surface area (Å²) >= 11 is 1.37. The molecule has 3 rings (SSSR count). The molecule has 0 saturated carbocycles. The van der Waals surface area contributed by atoms with Gasteiger partial charge in [-0.15, -0.1) is 11.3 Å². The van der Waals surface area contributed by atoms with Crippen molar-refractivity contribution in [2.45, 2.75) is 6.92 Å². The second-order valence-corrected chi connectivity index (χ2v) is 5.35. The summed E-state index contributed by atoms with van der Waals surface area (Å²) in [6.07, 6.45) is 3.02. The molecule has 0 aliphatic carbocycles. The molecule has 1 amide bonds. The highest BCUT2D eigenvalue weighted by Gasteiger charge is 2.15. The number of benzene rings is 1. The number of rotatable bonds is 4. The van der Waals surface area contributed by atoms with Gasteiger partial charge in [-0.05, 0) is 19.1 Å². The number of nitrogens with one attached hydrogen (secondary N) is 2. The number of carbonyl (C=O) groups excluding carboxylic acids is 1. The standard InChI is InChI=1S/C15H13N5OS/c1-10-9-22-15(18-10)20-14(21)12-13(17-8-7-16-12)19-11-5-3-2-4-6-11/h2-9H,1H3,(H,17,19)(H,18,20,21). The smallest absolute Gasteiger partial charge is 0.279 e. The topological polar surface area (TPSA) is 79.8 Å². The fourth-order valence-electron chi connectivity index (χ4n) is 1.82. The maximum atomic E-state index is 12.3. The fraction of sp³-hybridized carbons (Fsp3) is 0.0667. The van der Waals surface area contributed by atoms with E-state index in [4.69, 9.17) is 0 Å². The Labute approximate surface area is 131 Å². The van der Waals surface area contributed by atoms with Gasteiger partial charge in [0.2, 0.25) is 0 Å². The molecule has 2 heterocycles. The minimum absolute atomic E-state index is 0.221. The first-order chi connectivity index (χ1) is 10.7. The van der Waals surface area contributed by atoms with Crippen molar-refractivity contribution in [1.29, 1.82) is 0 Å². The van der Waals surface area contributed by atoms with Gasteiger partial charge in [0.1, 0.15) is 0 Å². The highest BCUT2D eigenvalue weighted by atomic mass is 32.1. The van der Waals surface area contributed by atoms with E-state index < -0.39 is 0 Å². The molecule has 2 aromatic heterocycles. The van der Waals surface area contributed by atoms with Gasteiger partial charge in [-0.1, -0.05) is 18.2 Å². The van der Waals surface area contributed by atoms with Gasteiger partial charge in [-0.2, -0.15) is 0 Å². The average molecular weight is 311 g/mol. The molecule has 0 bridgehead atoms. The summed E-state index contributed by atoms with van der Waals surface area (Å²) in [6.45, 7) is 1.87. The third kappa shape index (κ3) is 3.26. The number of anilines is 3. The number of amides is 1. The van der Waals surface area contributed by atoms with Crippen molar-refractivity contribution >= 4 is 33.9 Å². The largest absolute Gasteiger partial charge is 0.338 e. The predicted molar refractivity (Wildman–Crippen MR) is 86.6 cm³/mol. The van der Waals surface area contributed by atoms with Gasteiger partial charge < -0.3 is 5.32 Å². The number of aryl methyl sites for hydroxylation is 1. The number of thiazole rings is 1. The number of para-hydroxylation sites is 1. The van der Waals surface area contributed by atoms with Crippen LogP contribution in [0, 0.1) is 6.92 Å². The minimum Gasteiger partial charge on any atom is -0.338 e. The minimum atomic E-state index is -0.346. The summed E-state index contributed by atoms with van der Waals surface area (Å²) in [5.41, 5.74) is 1.92. The van der Waals surface area contributed by atoms with E-state index in [-0.39, 0.29) is 11.6 Å². The van der Waals surface area contributed by atoms with Crippen LogP contribution in [0.5, 0.6) is 0 Å². The number of hydrogen-bond donors (Lipinski definition) is 2. The molecule has 0 aliphatic heterocycles. The molecule has 22 heavy (non-hydrogen) atoms. The van der Waals surface area contributed by atoms with E-state index in [1.165, 1.54) is 23.7 Å². The van der Waals surface area contributed by atoms with E-state index in [9.17, 15) is 4.79 Å². The highest BCUT2D eigenvalue weighted by Crippen LogP contribution is 2.19. The fourth-order valence-corrected chi connectivity index (χ4v) is 2.50. The Morgan fingerprint density at radius 1 is 1.14 bits per heavy atom. The lowest BCUT2D eigenvalue weighted by Gasteiger charge is -2.09. The van der Waals surface area contributed by atoms with Crippen LogP contribution in [0.2, 0.25) is 0 Å². The maximum absolute atomic E-state index is 12.3. The van der Waals surface area contributed by atoms with E-state index in [0.717, 1.165) is 11.4 Å². The normalized spacial score (nSPS) is 10.2. The van der Waals surface area contributed by atoms with Crippen LogP contribution in [0.15, 0.2) is 48.1 Å². The van der Waals surface area contributed by atoms with Crippen LogP contribution in [0.25, 0.3) is 0 Å². The second-order valence-electron chi connectivity index (χ2n) is 4.49. The third-order valence-corrected chi connectivity index (χ3v) is 3.66. The monoisotopic (exact) mass is 311 g/mol. The summed E-state index contributed by atoms with van der Waals surface area (Å²) in [7, 11) is 0. The van der Waals surface area contributed by atoms with Gasteiger partial charge in [0.15, 0.2) is 16.6 Å². The van der Waals surface area contributed by atoms with Gasteiger partial charge in [0.25, 0.3) is 5.91 Å². The van der Waals surface area contributed by atoms with Gasteiger partial charge in [-0.3, -0.25) is 10.1 Å². The van der Waals surface area contributed by atoms with Crippen LogP contribution in [0.4, 0.5) is 16.6 Å². The van der Waals surface area contributed by atoms with Crippen molar-refractivity contribution in [2.75, 3.05) is 10.6 Å². The zero-order valence-electron chi connectivity index (χ0n) is 11.8. The Balaban J connectivity index is 1.83. The van der Waals surface area contributed by atoms with E-state index in [1.54, 1.807) is 0 Å². The zero-order valence-corrected chi connectivity index (χ0v) is 12.6. The zero-order chi connectivity index (χ0) is 15.4. The molecule has 7 heteroatoms. The molecule has 6 nitrogen and oxygen atoms in total. The third-order valence-electron chi connectivity index (χ3n) is 2.79. The molecule has 0 unspecified atom stereocenters. The number of aromatic nitrogens is 3. The van der Waals surface area contributed by atoms with Crippen LogP contribution in [-0.4, -0.2) is 20.9 Å². The molecule has 2 N–H and O–H groups in total. The Bertz CT molecular complexity index is 787. The molecule has 110 valence electrons. The first-order valence-electron chi connectivity index (χ1n) is 6.59. The lowest BCUT2D eigenvalue weighted by molar-refractivity contribution is 0.102. The van der Waals surface area contributed by atoms with Gasteiger partial charge >= 0.3 is 0 Å².